The maximum atomic E-state index is 11.0. The first kappa shape index (κ1) is 10.5. The Labute approximate surface area is 102 Å². The van der Waals surface area contributed by atoms with Crippen LogP contribution in [0.3, 0.4) is 0 Å². The van der Waals surface area contributed by atoms with Crippen molar-refractivity contribution in [3.63, 3.8) is 0 Å². The Morgan fingerprint density at radius 2 is 1.61 bits per heavy atom. The lowest BCUT2D eigenvalue weighted by atomic mass is 10.0. The van der Waals surface area contributed by atoms with Gasteiger partial charge in [0.1, 0.15) is 0 Å². The van der Waals surface area contributed by atoms with Gasteiger partial charge >= 0.3 is 5.69 Å². The highest BCUT2D eigenvalue weighted by Crippen LogP contribution is 2.37. The molecule has 3 aromatic carbocycles. The van der Waals surface area contributed by atoms with Crippen molar-refractivity contribution in [3.05, 3.63) is 58.6 Å². The second-order valence-corrected chi connectivity index (χ2v) is 4.07. The van der Waals surface area contributed by atoms with E-state index in [0.29, 0.717) is 5.39 Å². The summed E-state index contributed by atoms with van der Waals surface area (Å²) in [5, 5.41) is 23.8. The maximum Gasteiger partial charge on any atom is 0.318 e. The van der Waals surface area contributed by atoms with E-state index in [1.54, 1.807) is 12.1 Å². The third-order valence-corrected chi connectivity index (χ3v) is 3.06. The van der Waals surface area contributed by atoms with Crippen LogP contribution in [0.2, 0.25) is 0 Å². The summed E-state index contributed by atoms with van der Waals surface area (Å²) < 4.78 is 0. The van der Waals surface area contributed by atoms with Crippen molar-refractivity contribution < 1.29 is 10.0 Å². The van der Waals surface area contributed by atoms with E-state index >= 15 is 0 Å². The summed E-state index contributed by atoms with van der Waals surface area (Å²) in [5.41, 5.74) is -0.238. The van der Waals surface area contributed by atoms with E-state index < -0.39 is 4.92 Å². The van der Waals surface area contributed by atoms with Gasteiger partial charge in [-0.25, -0.2) is 0 Å². The van der Waals surface area contributed by atoms with Crippen LogP contribution in [0.25, 0.3) is 21.5 Å². The highest BCUT2D eigenvalue weighted by atomic mass is 16.6. The number of benzene rings is 3. The molecule has 3 rings (SSSR count). The van der Waals surface area contributed by atoms with Crippen LogP contribution in [-0.2, 0) is 0 Å². The number of rotatable bonds is 1. The van der Waals surface area contributed by atoms with Crippen LogP contribution in [0.5, 0.6) is 5.75 Å². The lowest BCUT2D eigenvalue weighted by Gasteiger charge is -2.05. The molecule has 0 spiro atoms. The van der Waals surface area contributed by atoms with Gasteiger partial charge in [0.25, 0.3) is 0 Å². The monoisotopic (exact) mass is 239 g/mol. The minimum atomic E-state index is -0.549. The molecule has 3 aromatic rings. The van der Waals surface area contributed by atoms with Crippen molar-refractivity contribution in [2.45, 2.75) is 0 Å². The Kier molecular flexibility index (Phi) is 2.16. The first-order valence-electron chi connectivity index (χ1n) is 5.46. The van der Waals surface area contributed by atoms with Crippen molar-refractivity contribution in [1.29, 1.82) is 0 Å². The molecular weight excluding hydrogens is 230 g/mol. The Bertz CT molecular complexity index is 780. The minimum absolute atomic E-state index is 0.238. The van der Waals surface area contributed by atoms with Crippen molar-refractivity contribution in [2.75, 3.05) is 0 Å². The fraction of sp³-hybridized carbons (Fsp3) is 0. The van der Waals surface area contributed by atoms with Crippen LogP contribution in [0.1, 0.15) is 0 Å². The molecule has 0 saturated heterocycles. The molecule has 0 amide bonds. The average Bonchev–Trinajstić information content (AvgIpc) is 2.37. The minimum Gasteiger partial charge on any atom is -0.502 e. The normalized spacial score (nSPS) is 10.9. The van der Waals surface area contributed by atoms with Gasteiger partial charge in [0.2, 0.25) is 0 Å². The summed E-state index contributed by atoms with van der Waals surface area (Å²) in [4.78, 5) is 10.5. The number of fused-ring (bicyclic) bond motifs is 3. The van der Waals surface area contributed by atoms with Crippen LogP contribution in [0.4, 0.5) is 5.69 Å². The molecule has 0 aliphatic rings. The molecule has 0 heterocycles. The first-order valence-corrected chi connectivity index (χ1v) is 5.46. The van der Waals surface area contributed by atoms with E-state index in [-0.39, 0.29) is 11.4 Å². The van der Waals surface area contributed by atoms with Crippen LogP contribution < -0.4 is 0 Å². The van der Waals surface area contributed by atoms with Gasteiger partial charge in [-0.15, -0.1) is 0 Å². The van der Waals surface area contributed by atoms with Crippen LogP contribution in [0, 0.1) is 10.1 Å². The lowest BCUT2D eigenvalue weighted by molar-refractivity contribution is -0.384. The van der Waals surface area contributed by atoms with Crippen LogP contribution in [-0.4, -0.2) is 10.0 Å². The average molecular weight is 239 g/mol. The van der Waals surface area contributed by atoms with Crippen molar-refractivity contribution in [1.82, 2.24) is 0 Å². The van der Waals surface area contributed by atoms with Crippen LogP contribution in [0.15, 0.2) is 48.5 Å². The van der Waals surface area contributed by atoms with Gasteiger partial charge in [-0.2, -0.15) is 0 Å². The summed E-state index contributed by atoms with van der Waals surface area (Å²) in [6, 6.07) is 14.3. The molecule has 0 bridgehead atoms. The third kappa shape index (κ3) is 1.39. The quantitative estimate of drug-likeness (QED) is 0.401. The Morgan fingerprint density at radius 3 is 2.39 bits per heavy atom. The molecule has 88 valence electrons. The number of hydrogen-bond acceptors (Lipinski definition) is 3. The van der Waals surface area contributed by atoms with E-state index in [0.717, 1.165) is 16.2 Å². The molecule has 18 heavy (non-hydrogen) atoms. The van der Waals surface area contributed by atoms with Crippen molar-refractivity contribution >= 4 is 27.2 Å². The zero-order chi connectivity index (χ0) is 12.7. The summed E-state index contributed by atoms with van der Waals surface area (Å²) in [5.74, 6) is -0.303. The highest BCUT2D eigenvalue weighted by Gasteiger charge is 2.18. The fourth-order valence-electron chi connectivity index (χ4n) is 2.25. The third-order valence-electron chi connectivity index (χ3n) is 3.06. The van der Waals surface area contributed by atoms with Crippen molar-refractivity contribution in [2.24, 2.45) is 0 Å². The van der Waals surface area contributed by atoms with Gasteiger partial charge in [0, 0.05) is 0 Å². The molecule has 0 atom stereocenters. The number of phenols is 1. The summed E-state index contributed by atoms with van der Waals surface area (Å²) in [6.07, 6.45) is 0. The second kappa shape index (κ2) is 3.70. The Balaban J connectivity index is 2.55. The van der Waals surface area contributed by atoms with Gasteiger partial charge in [0.15, 0.2) is 5.75 Å². The first-order chi connectivity index (χ1) is 8.68. The zero-order valence-electron chi connectivity index (χ0n) is 9.33. The molecule has 4 nitrogen and oxygen atoms in total. The molecule has 0 aliphatic heterocycles. The molecule has 0 aliphatic carbocycles. The number of nitrogens with zero attached hydrogens (tertiary/aromatic N) is 1. The van der Waals surface area contributed by atoms with Gasteiger partial charge in [0.05, 0.1) is 10.3 Å². The Hall–Kier alpha value is -2.62. The number of hydrogen-bond donors (Lipinski definition) is 1. The van der Waals surface area contributed by atoms with E-state index in [4.69, 9.17) is 0 Å². The van der Waals surface area contributed by atoms with E-state index in [2.05, 4.69) is 0 Å². The van der Waals surface area contributed by atoms with Gasteiger partial charge in [-0.1, -0.05) is 30.3 Å². The molecule has 0 fully saturated rings. The summed E-state index contributed by atoms with van der Waals surface area (Å²) in [7, 11) is 0. The van der Waals surface area contributed by atoms with Gasteiger partial charge < -0.3 is 5.11 Å². The molecule has 0 aromatic heterocycles. The van der Waals surface area contributed by atoms with E-state index in [1.807, 2.05) is 30.3 Å². The van der Waals surface area contributed by atoms with Gasteiger partial charge in [-0.05, 0) is 34.4 Å². The standard InChI is InChI=1S/C14H9NO3/c16-13-8-7-11-10-4-2-1-3-9(10)5-6-12(11)14(13)15(17)18/h1-8,16H. The Morgan fingerprint density at radius 1 is 0.889 bits per heavy atom. The topological polar surface area (TPSA) is 63.4 Å². The second-order valence-electron chi connectivity index (χ2n) is 4.07. The molecule has 1 N–H and O–H groups in total. The van der Waals surface area contributed by atoms with E-state index in [9.17, 15) is 15.2 Å². The molecule has 0 unspecified atom stereocenters. The SMILES string of the molecule is O=[N+]([O-])c1c(O)ccc2c1ccc1ccccc12. The maximum absolute atomic E-state index is 11.0. The highest BCUT2D eigenvalue weighted by molar-refractivity contribution is 6.11. The molecule has 4 heteroatoms. The number of phenolic OH excluding ortho intramolecular Hbond substituents is 1. The molecular formula is C14H9NO3. The number of aromatic hydroxyl groups is 1. The number of nitro groups is 1. The van der Waals surface area contributed by atoms with Crippen molar-refractivity contribution in [3.8, 4) is 5.75 Å². The smallest absolute Gasteiger partial charge is 0.318 e. The predicted molar refractivity (Wildman–Crippen MR) is 69.8 cm³/mol. The fourth-order valence-corrected chi connectivity index (χ4v) is 2.25. The van der Waals surface area contributed by atoms with E-state index in [1.165, 1.54) is 6.07 Å². The zero-order valence-corrected chi connectivity index (χ0v) is 9.33. The largest absolute Gasteiger partial charge is 0.502 e. The lowest BCUT2D eigenvalue weighted by Crippen LogP contribution is -1.90. The predicted octanol–water partition coefficient (Wildman–Crippen LogP) is 3.61. The number of nitro benzene ring substituents is 1. The molecule has 0 saturated carbocycles. The molecule has 0 radical (unpaired) electrons. The van der Waals surface area contributed by atoms with Crippen LogP contribution >= 0.6 is 0 Å². The summed E-state index contributed by atoms with van der Waals surface area (Å²) in [6.45, 7) is 0. The summed E-state index contributed by atoms with van der Waals surface area (Å²) >= 11 is 0. The van der Waals surface area contributed by atoms with Gasteiger partial charge in [-0.3, -0.25) is 10.1 Å².